The summed E-state index contributed by atoms with van der Waals surface area (Å²) in [6, 6.07) is 10.1. The van der Waals surface area contributed by atoms with Crippen LogP contribution in [0.1, 0.15) is 39.0 Å². The van der Waals surface area contributed by atoms with Gasteiger partial charge in [-0.2, -0.15) is 0 Å². The summed E-state index contributed by atoms with van der Waals surface area (Å²) in [6.07, 6.45) is 4.42. The fraction of sp³-hybridized carbons (Fsp3) is 0.611. The van der Waals surface area contributed by atoms with Crippen molar-refractivity contribution in [2.45, 2.75) is 51.1 Å². The minimum Gasteiger partial charge on any atom is -0.493 e. The van der Waals surface area contributed by atoms with Crippen LogP contribution < -0.4 is 4.74 Å². The number of hydrogen-bond acceptors (Lipinski definition) is 3. The van der Waals surface area contributed by atoms with E-state index in [1.807, 2.05) is 35.2 Å². The van der Waals surface area contributed by atoms with Gasteiger partial charge in [-0.1, -0.05) is 25.1 Å². The van der Waals surface area contributed by atoms with Crippen LogP contribution in [0.15, 0.2) is 30.3 Å². The second-order valence-corrected chi connectivity index (χ2v) is 6.54. The lowest BCUT2D eigenvalue weighted by atomic mass is 9.72. The van der Waals surface area contributed by atoms with Crippen LogP contribution in [0.3, 0.4) is 0 Å². The van der Waals surface area contributed by atoms with Gasteiger partial charge in [0.05, 0.1) is 19.6 Å². The highest BCUT2D eigenvalue weighted by Gasteiger charge is 2.55. The quantitative estimate of drug-likeness (QED) is 0.879. The highest BCUT2D eigenvalue weighted by Crippen LogP contribution is 2.51. The zero-order valence-electron chi connectivity index (χ0n) is 13.2. The SMILES string of the molecule is CC[C@@]1(CO)C[C@@H]2CC[C@H]1N2C(=O)CCOc1ccccc1. The molecule has 2 fully saturated rings. The molecular weight excluding hydrogens is 278 g/mol. The van der Waals surface area contributed by atoms with Crippen LogP contribution in [0.25, 0.3) is 0 Å². The largest absolute Gasteiger partial charge is 0.493 e. The molecule has 1 aromatic carbocycles. The molecule has 0 aromatic heterocycles. The lowest BCUT2D eigenvalue weighted by Gasteiger charge is -2.34. The van der Waals surface area contributed by atoms with Crippen LogP contribution in [-0.4, -0.2) is 41.2 Å². The van der Waals surface area contributed by atoms with E-state index in [2.05, 4.69) is 6.92 Å². The fourth-order valence-corrected chi connectivity index (χ4v) is 4.23. The summed E-state index contributed by atoms with van der Waals surface area (Å²) < 4.78 is 5.63. The van der Waals surface area contributed by atoms with Gasteiger partial charge in [0.2, 0.25) is 5.91 Å². The van der Waals surface area contributed by atoms with E-state index in [-0.39, 0.29) is 24.0 Å². The van der Waals surface area contributed by atoms with Crippen LogP contribution in [-0.2, 0) is 4.79 Å². The molecule has 2 aliphatic heterocycles. The van der Waals surface area contributed by atoms with E-state index in [0.717, 1.165) is 31.4 Å². The summed E-state index contributed by atoms with van der Waals surface area (Å²) in [5.41, 5.74) is -0.0706. The molecule has 1 amide bonds. The zero-order chi connectivity index (χ0) is 15.6. The molecule has 0 spiro atoms. The van der Waals surface area contributed by atoms with E-state index >= 15 is 0 Å². The Hall–Kier alpha value is -1.55. The number of aliphatic hydroxyl groups is 1. The molecule has 2 bridgehead atoms. The summed E-state index contributed by atoms with van der Waals surface area (Å²) in [6.45, 7) is 2.73. The molecule has 2 saturated heterocycles. The molecule has 1 aromatic rings. The number of carbonyl (C=O) groups excluding carboxylic acids is 1. The van der Waals surface area contributed by atoms with Gasteiger partial charge < -0.3 is 14.7 Å². The average Bonchev–Trinajstić information content (AvgIpc) is 3.11. The fourth-order valence-electron chi connectivity index (χ4n) is 4.23. The monoisotopic (exact) mass is 303 g/mol. The maximum absolute atomic E-state index is 12.6. The molecule has 120 valence electrons. The summed E-state index contributed by atoms with van der Waals surface area (Å²) in [7, 11) is 0. The Bertz CT molecular complexity index is 512. The van der Waals surface area contributed by atoms with Gasteiger partial charge in [-0.25, -0.2) is 0 Å². The van der Waals surface area contributed by atoms with Crippen molar-refractivity contribution in [1.82, 2.24) is 4.90 Å². The van der Waals surface area contributed by atoms with Gasteiger partial charge in [-0.05, 0) is 37.8 Å². The molecule has 0 unspecified atom stereocenters. The Labute approximate surface area is 132 Å². The number of rotatable bonds is 6. The molecule has 2 aliphatic rings. The van der Waals surface area contributed by atoms with Gasteiger partial charge in [0.1, 0.15) is 5.75 Å². The number of nitrogens with zero attached hydrogens (tertiary/aromatic N) is 1. The van der Waals surface area contributed by atoms with Gasteiger partial charge in [0.25, 0.3) is 0 Å². The summed E-state index contributed by atoms with van der Waals surface area (Å²) in [5, 5.41) is 9.80. The molecule has 22 heavy (non-hydrogen) atoms. The van der Waals surface area contributed by atoms with Crippen molar-refractivity contribution in [3.63, 3.8) is 0 Å². The van der Waals surface area contributed by atoms with Gasteiger partial charge in [0.15, 0.2) is 0 Å². The third-order valence-electron chi connectivity index (χ3n) is 5.49. The molecule has 3 rings (SSSR count). The number of hydrogen-bond donors (Lipinski definition) is 1. The van der Waals surface area contributed by atoms with Gasteiger partial charge in [-0.15, -0.1) is 0 Å². The minimum absolute atomic E-state index is 0.0706. The Kier molecular flexibility index (Phi) is 4.39. The normalized spacial score (nSPS) is 29.8. The number of ether oxygens (including phenoxy) is 1. The number of fused-ring (bicyclic) bond motifs is 2. The second kappa shape index (κ2) is 6.29. The molecule has 2 heterocycles. The van der Waals surface area contributed by atoms with E-state index in [1.54, 1.807) is 0 Å². The Balaban J connectivity index is 1.57. The lowest BCUT2D eigenvalue weighted by Crippen LogP contribution is -2.42. The second-order valence-electron chi connectivity index (χ2n) is 6.54. The predicted molar refractivity (Wildman–Crippen MR) is 84.6 cm³/mol. The Morgan fingerprint density at radius 1 is 1.36 bits per heavy atom. The molecule has 1 N–H and O–H groups in total. The number of carbonyl (C=O) groups is 1. The lowest BCUT2D eigenvalue weighted by molar-refractivity contribution is -0.133. The van der Waals surface area contributed by atoms with Crippen LogP contribution in [0.4, 0.5) is 0 Å². The minimum atomic E-state index is -0.0706. The number of aliphatic hydroxyl groups excluding tert-OH is 1. The van der Waals surface area contributed by atoms with Crippen molar-refractivity contribution < 1.29 is 14.6 Å². The third kappa shape index (κ3) is 2.60. The maximum atomic E-state index is 12.6. The molecule has 0 aliphatic carbocycles. The van der Waals surface area contributed by atoms with Crippen molar-refractivity contribution in [3.8, 4) is 5.75 Å². The standard InChI is InChI=1S/C18H25NO3/c1-2-18(13-20)12-14-8-9-16(18)19(14)17(21)10-11-22-15-6-4-3-5-7-15/h3-7,14,16,20H,2,8-13H2,1H3/t14-,16+,18-/m0/s1. The highest BCUT2D eigenvalue weighted by molar-refractivity contribution is 5.78. The highest BCUT2D eigenvalue weighted by atomic mass is 16.5. The molecule has 0 radical (unpaired) electrons. The topological polar surface area (TPSA) is 49.8 Å². The van der Waals surface area contributed by atoms with E-state index in [9.17, 15) is 9.90 Å². The van der Waals surface area contributed by atoms with Crippen molar-refractivity contribution >= 4 is 5.91 Å². The van der Waals surface area contributed by atoms with Gasteiger partial charge in [-0.3, -0.25) is 4.79 Å². The molecule has 4 heteroatoms. The first-order valence-corrected chi connectivity index (χ1v) is 8.30. The molecular formula is C18H25NO3. The Morgan fingerprint density at radius 3 is 2.77 bits per heavy atom. The zero-order valence-corrected chi connectivity index (χ0v) is 13.2. The van der Waals surface area contributed by atoms with E-state index in [1.165, 1.54) is 0 Å². The van der Waals surface area contributed by atoms with E-state index in [0.29, 0.717) is 19.1 Å². The smallest absolute Gasteiger partial charge is 0.226 e. The number of amides is 1. The van der Waals surface area contributed by atoms with Crippen molar-refractivity contribution in [1.29, 1.82) is 0 Å². The first-order chi connectivity index (χ1) is 10.7. The summed E-state index contributed by atoms with van der Waals surface area (Å²) in [4.78, 5) is 14.6. The molecule has 4 nitrogen and oxygen atoms in total. The summed E-state index contributed by atoms with van der Waals surface area (Å²) >= 11 is 0. The van der Waals surface area contributed by atoms with Crippen molar-refractivity contribution in [2.75, 3.05) is 13.2 Å². The Morgan fingerprint density at radius 2 is 2.14 bits per heavy atom. The molecule has 3 atom stereocenters. The average molecular weight is 303 g/mol. The van der Waals surface area contributed by atoms with Gasteiger partial charge in [0, 0.05) is 17.5 Å². The van der Waals surface area contributed by atoms with Gasteiger partial charge >= 0.3 is 0 Å². The van der Waals surface area contributed by atoms with E-state index in [4.69, 9.17) is 4.74 Å². The third-order valence-corrected chi connectivity index (χ3v) is 5.49. The summed E-state index contributed by atoms with van der Waals surface area (Å²) in [5.74, 6) is 0.977. The number of para-hydroxylation sites is 1. The van der Waals surface area contributed by atoms with E-state index < -0.39 is 0 Å². The van der Waals surface area contributed by atoms with Crippen molar-refractivity contribution in [3.05, 3.63) is 30.3 Å². The van der Waals surface area contributed by atoms with Crippen LogP contribution in [0, 0.1) is 5.41 Å². The first-order valence-electron chi connectivity index (χ1n) is 8.30. The predicted octanol–water partition coefficient (Wildman–Crippen LogP) is 2.61. The van der Waals surface area contributed by atoms with Crippen LogP contribution in [0.2, 0.25) is 0 Å². The maximum Gasteiger partial charge on any atom is 0.226 e. The van der Waals surface area contributed by atoms with Crippen molar-refractivity contribution in [2.24, 2.45) is 5.41 Å². The van der Waals surface area contributed by atoms with Crippen LogP contribution in [0.5, 0.6) is 5.75 Å². The van der Waals surface area contributed by atoms with Crippen LogP contribution >= 0.6 is 0 Å². The first kappa shape index (κ1) is 15.3. The number of benzene rings is 1. The molecule has 0 saturated carbocycles.